The smallest absolute Gasteiger partial charge is 0.248 e. The maximum Gasteiger partial charge on any atom is 0.248 e. The minimum Gasteiger partial charge on any atom is -0.416 e. The van der Waals surface area contributed by atoms with Crippen LogP contribution >= 0.6 is 0 Å². The summed E-state index contributed by atoms with van der Waals surface area (Å²) in [5.41, 5.74) is 5.46. The van der Waals surface area contributed by atoms with E-state index in [0.29, 0.717) is 11.8 Å². The number of nitrogens with zero attached hydrogens (tertiary/aromatic N) is 2. The zero-order valence-electron chi connectivity index (χ0n) is 12.2. The fraction of sp³-hybridized carbons (Fsp3) is 0.0526. The van der Waals surface area contributed by atoms with Gasteiger partial charge in [-0.05, 0) is 41.8 Å². The Bertz CT molecular complexity index is 896. The largest absolute Gasteiger partial charge is 0.416 e. The molecule has 2 aliphatic carbocycles. The summed E-state index contributed by atoms with van der Waals surface area (Å²) in [6, 6.07) is 22.2. The molecule has 1 aromatic carbocycles. The highest BCUT2D eigenvalue weighted by Gasteiger charge is 2.18. The van der Waals surface area contributed by atoms with E-state index in [9.17, 15) is 0 Å². The van der Waals surface area contributed by atoms with E-state index in [1.807, 2.05) is 48.5 Å². The zero-order valence-corrected chi connectivity index (χ0v) is 12.2. The first kappa shape index (κ1) is 12.8. The van der Waals surface area contributed by atoms with Crippen LogP contribution in [0.4, 0.5) is 0 Å². The van der Waals surface area contributed by atoms with Crippen LogP contribution in [0.25, 0.3) is 34.0 Å². The Labute approximate surface area is 128 Å². The van der Waals surface area contributed by atoms with E-state index < -0.39 is 0 Å². The van der Waals surface area contributed by atoms with E-state index in [4.69, 9.17) is 4.42 Å². The van der Waals surface area contributed by atoms with Gasteiger partial charge in [-0.3, -0.25) is 0 Å². The van der Waals surface area contributed by atoms with Gasteiger partial charge in [0.25, 0.3) is 0 Å². The maximum atomic E-state index is 5.89. The second kappa shape index (κ2) is 5.11. The van der Waals surface area contributed by atoms with Crippen molar-refractivity contribution in [2.75, 3.05) is 0 Å². The first-order chi connectivity index (χ1) is 10.8. The molecule has 1 heterocycles. The molecule has 0 spiro atoms. The number of rotatable bonds is 2. The Kier molecular flexibility index (Phi) is 2.97. The number of aromatic nitrogens is 2. The highest BCUT2D eigenvalue weighted by Crippen LogP contribution is 2.38. The Morgan fingerprint density at radius 3 is 2.09 bits per heavy atom. The summed E-state index contributed by atoms with van der Waals surface area (Å²) >= 11 is 0. The van der Waals surface area contributed by atoms with Crippen molar-refractivity contribution in [1.82, 2.24) is 10.2 Å². The van der Waals surface area contributed by atoms with Crippen LogP contribution in [0.15, 0.2) is 71.1 Å². The summed E-state index contributed by atoms with van der Waals surface area (Å²) in [6.07, 6.45) is 0. The minimum atomic E-state index is 0.544. The van der Waals surface area contributed by atoms with Crippen molar-refractivity contribution in [1.29, 1.82) is 0 Å². The molecule has 3 nitrogen and oxygen atoms in total. The fourth-order valence-corrected chi connectivity index (χ4v) is 2.70. The van der Waals surface area contributed by atoms with Gasteiger partial charge < -0.3 is 4.42 Å². The Morgan fingerprint density at radius 2 is 1.32 bits per heavy atom. The standard InChI is InChI=1S/C19H14N2O/c1-13-12-17(16-11-7-3-6-10-15(13)16)19-21-20-18(22-19)14-8-4-2-5-9-14/h2-12H,1H3. The van der Waals surface area contributed by atoms with Crippen LogP contribution in [0, 0.1) is 6.92 Å². The number of fused-ring (bicyclic) bond motifs is 1. The summed E-state index contributed by atoms with van der Waals surface area (Å²) in [5, 5.41) is 8.41. The molecule has 0 amide bonds. The van der Waals surface area contributed by atoms with Gasteiger partial charge in [-0.1, -0.05) is 48.5 Å². The van der Waals surface area contributed by atoms with Crippen LogP contribution in [-0.2, 0) is 0 Å². The SMILES string of the molecule is Cc1cc(-c2nnc(-c3ccccc3)o2)c2cccccc1-2. The average molecular weight is 286 g/mol. The van der Waals surface area contributed by atoms with Crippen LogP contribution in [-0.4, -0.2) is 10.2 Å². The minimum absolute atomic E-state index is 0.544. The maximum absolute atomic E-state index is 5.89. The second-order valence-corrected chi connectivity index (χ2v) is 5.26. The van der Waals surface area contributed by atoms with Gasteiger partial charge >= 0.3 is 0 Å². The van der Waals surface area contributed by atoms with Gasteiger partial charge in [0.1, 0.15) is 0 Å². The molecule has 0 bridgehead atoms. The molecular formula is C19H14N2O. The van der Waals surface area contributed by atoms with E-state index >= 15 is 0 Å². The van der Waals surface area contributed by atoms with Gasteiger partial charge in [0, 0.05) is 11.1 Å². The molecule has 0 aliphatic heterocycles. The van der Waals surface area contributed by atoms with Crippen molar-refractivity contribution in [3.8, 4) is 34.0 Å². The fourth-order valence-electron chi connectivity index (χ4n) is 2.70. The molecule has 0 unspecified atom stereocenters. The summed E-state index contributed by atoms with van der Waals surface area (Å²) < 4.78 is 5.89. The van der Waals surface area contributed by atoms with Crippen molar-refractivity contribution in [2.24, 2.45) is 0 Å². The van der Waals surface area contributed by atoms with Crippen LogP contribution in [0.5, 0.6) is 0 Å². The van der Waals surface area contributed by atoms with Crippen LogP contribution in [0.3, 0.4) is 0 Å². The molecule has 1 aromatic heterocycles. The zero-order chi connectivity index (χ0) is 14.9. The van der Waals surface area contributed by atoms with Gasteiger partial charge in [-0.15, -0.1) is 10.2 Å². The van der Waals surface area contributed by atoms with Crippen molar-refractivity contribution < 1.29 is 4.42 Å². The van der Waals surface area contributed by atoms with Gasteiger partial charge in [0.15, 0.2) is 0 Å². The van der Waals surface area contributed by atoms with Gasteiger partial charge in [0.2, 0.25) is 11.8 Å². The lowest BCUT2D eigenvalue weighted by Crippen LogP contribution is -1.77. The number of benzene rings is 1. The topological polar surface area (TPSA) is 38.9 Å². The number of hydrogen-bond donors (Lipinski definition) is 0. The third-order valence-electron chi connectivity index (χ3n) is 3.79. The van der Waals surface area contributed by atoms with Gasteiger partial charge in [0.05, 0.1) is 0 Å². The molecule has 106 valence electrons. The summed E-state index contributed by atoms with van der Waals surface area (Å²) in [6.45, 7) is 2.10. The molecule has 3 heteroatoms. The lowest BCUT2D eigenvalue weighted by atomic mass is 10.1. The first-order valence-corrected chi connectivity index (χ1v) is 7.20. The van der Waals surface area contributed by atoms with E-state index in [2.05, 4.69) is 35.3 Å². The highest BCUT2D eigenvalue weighted by molar-refractivity contribution is 5.86. The predicted molar refractivity (Wildman–Crippen MR) is 86.5 cm³/mol. The highest BCUT2D eigenvalue weighted by atomic mass is 16.4. The number of aryl methyl sites for hydroxylation is 1. The third-order valence-corrected chi connectivity index (χ3v) is 3.79. The van der Waals surface area contributed by atoms with Crippen molar-refractivity contribution in [3.05, 3.63) is 72.3 Å². The molecule has 0 atom stereocenters. The van der Waals surface area contributed by atoms with E-state index in [-0.39, 0.29) is 0 Å². The van der Waals surface area contributed by atoms with Crippen molar-refractivity contribution in [2.45, 2.75) is 6.92 Å². The quantitative estimate of drug-likeness (QED) is 0.530. The lowest BCUT2D eigenvalue weighted by Gasteiger charge is -1.97. The molecule has 0 saturated carbocycles. The van der Waals surface area contributed by atoms with Crippen molar-refractivity contribution in [3.63, 3.8) is 0 Å². The Balaban J connectivity index is 1.83. The van der Waals surface area contributed by atoms with Crippen LogP contribution in [0.2, 0.25) is 0 Å². The van der Waals surface area contributed by atoms with Gasteiger partial charge in [-0.2, -0.15) is 0 Å². The molecule has 0 fully saturated rings. The van der Waals surface area contributed by atoms with Gasteiger partial charge in [-0.25, -0.2) is 0 Å². The Hall–Kier alpha value is -2.94. The molecule has 0 N–H and O–H groups in total. The van der Waals surface area contributed by atoms with E-state index in [0.717, 1.165) is 16.7 Å². The second-order valence-electron chi connectivity index (χ2n) is 5.26. The normalized spacial score (nSPS) is 11.0. The summed E-state index contributed by atoms with van der Waals surface area (Å²) in [5.74, 6) is 1.10. The number of hydrogen-bond acceptors (Lipinski definition) is 3. The Morgan fingerprint density at radius 1 is 0.682 bits per heavy atom. The van der Waals surface area contributed by atoms with E-state index in [1.54, 1.807) is 0 Å². The lowest BCUT2D eigenvalue weighted by molar-refractivity contribution is 0.585. The average Bonchev–Trinajstić information content (AvgIpc) is 3.06. The van der Waals surface area contributed by atoms with Crippen LogP contribution in [0.1, 0.15) is 5.56 Å². The summed E-state index contributed by atoms with van der Waals surface area (Å²) in [4.78, 5) is 0. The predicted octanol–water partition coefficient (Wildman–Crippen LogP) is 4.82. The van der Waals surface area contributed by atoms with E-state index in [1.165, 1.54) is 11.1 Å². The monoisotopic (exact) mass is 286 g/mol. The molecule has 0 saturated heterocycles. The van der Waals surface area contributed by atoms with Crippen molar-refractivity contribution >= 4 is 0 Å². The third kappa shape index (κ3) is 2.07. The molecule has 22 heavy (non-hydrogen) atoms. The van der Waals surface area contributed by atoms with Crippen LogP contribution < -0.4 is 0 Å². The molecule has 2 aliphatic rings. The molecule has 2 aromatic rings. The first-order valence-electron chi connectivity index (χ1n) is 7.20. The summed E-state index contributed by atoms with van der Waals surface area (Å²) in [7, 11) is 0. The molecule has 0 radical (unpaired) electrons. The molecular weight excluding hydrogens is 272 g/mol. The molecule has 4 rings (SSSR count).